The maximum atomic E-state index is 6.01. The quantitative estimate of drug-likeness (QED) is 0.513. The Morgan fingerprint density at radius 2 is 1.75 bits per heavy atom. The Labute approximate surface area is 126 Å². The number of hydrogen-bond donors (Lipinski definition) is 0. The molecule has 0 aromatic carbocycles. The third-order valence-corrected chi connectivity index (χ3v) is 5.34. The topological polar surface area (TPSA) is 18.5 Å². The summed E-state index contributed by atoms with van der Waals surface area (Å²) in [6.07, 6.45) is 13.4. The van der Waals surface area contributed by atoms with E-state index in [4.69, 9.17) is 9.47 Å². The highest BCUT2D eigenvalue weighted by atomic mass is 16.5. The Kier molecular flexibility index (Phi) is 8.79. The van der Waals surface area contributed by atoms with Crippen LogP contribution < -0.4 is 0 Å². The second-order valence-electron chi connectivity index (χ2n) is 6.79. The summed E-state index contributed by atoms with van der Waals surface area (Å²) in [6, 6.07) is 0. The van der Waals surface area contributed by atoms with Crippen LogP contribution in [-0.4, -0.2) is 26.4 Å². The average molecular weight is 284 g/mol. The molecule has 2 heteroatoms. The first-order valence-corrected chi connectivity index (χ1v) is 8.72. The lowest BCUT2D eigenvalue weighted by molar-refractivity contribution is -0.0979. The van der Waals surface area contributed by atoms with E-state index in [0.717, 1.165) is 12.5 Å². The molecule has 0 heterocycles. The first kappa shape index (κ1) is 18.0. The molecule has 20 heavy (non-hydrogen) atoms. The van der Waals surface area contributed by atoms with E-state index in [1.807, 2.05) is 14.2 Å². The normalized spacial score (nSPS) is 21.6. The zero-order valence-corrected chi connectivity index (χ0v) is 14.2. The Balaban J connectivity index is 2.62. The van der Waals surface area contributed by atoms with Gasteiger partial charge in [0.15, 0.2) is 0 Å². The van der Waals surface area contributed by atoms with Gasteiger partial charge in [-0.25, -0.2) is 0 Å². The smallest absolute Gasteiger partial charge is 0.0703 e. The molecular formula is C18H36O2. The van der Waals surface area contributed by atoms with Gasteiger partial charge in [-0.15, -0.1) is 0 Å². The van der Waals surface area contributed by atoms with Crippen LogP contribution in [0.5, 0.6) is 0 Å². The molecule has 0 saturated heterocycles. The third kappa shape index (κ3) is 5.37. The molecule has 1 fully saturated rings. The summed E-state index contributed by atoms with van der Waals surface area (Å²) in [4.78, 5) is 0. The van der Waals surface area contributed by atoms with Crippen molar-refractivity contribution >= 4 is 0 Å². The second kappa shape index (κ2) is 9.78. The molecule has 0 radical (unpaired) electrons. The van der Waals surface area contributed by atoms with Crippen molar-refractivity contribution < 1.29 is 9.47 Å². The molecule has 2 nitrogen and oxygen atoms in total. The lowest BCUT2D eigenvalue weighted by Gasteiger charge is -2.42. The highest BCUT2D eigenvalue weighted by molar-refractivity contribution is 4.89. The molecule has 0 aromatic heterocycles. The van der Waals surface area contributed by atoms with Crippen LogP contribution in [0.4, 0.5) is 0 Å². The van der Waals surface area contributed by atoms with Gasteiger partial charge < -0.3 is 9.47 Å². The summed E-state index contributed by atoms with van der Waals surface area (Å²) < 4.78 is 11.6. The minimum Gasteiger partial charge on any atom is -0.384 e. The average Bonchev–Trinajstić information content (AvgIpc) is 2.50. The fourth-order valence-corrected chi connectivity index (χ4v) is 3.87. The molecule has 2 unspecified atom stereocenters. The molecule has 0 amide bonds. The Bertz CT molecular complexity index is 236. The van der Waals surface area contributed by atoms with Crippen molar-refractivity contribution in [2.24, 2.45) is 11.8 Å². The van der Waals surface area contributed by atoms with E-state index < -0.39 is 0 Å². The number of unbranched alkanes of at least 4 members (excludes halogenated alkanes) is 3. The van der Waals surface area contributed by atoms with Crippen LogP contribution in [0.25, 0.3) is 0 Å². The lowest BCUT2D eigenvalue weighted by Crippen LogP contribution is -2.44. The van der Waals surface area contributed by atoms with Crippen molar-refractivity contribution in [2.75, 3.05) is 20.8 Å². The largest absolute Gasteiger partial charge is 0.384 e. The van der Waals surface area contributed by atoms with Gasteiger partial charge in [-0.2, -0.15) is 0 Å². The van der Waals surface area contributed by atoms with Crippen molar-refractivity contribution in [1.29, 1.82) is 0 Å². The van der Waals surface area contributed by atoms with Crippen LogP contribution in [0, 0.1) is 11.8 Å². The molecule has 0 aromatic rings. The van der Waals surface area contributed by atoms with Gasteiger partial charge in [-0.1, -0.05) is 51.9 Å². The van der Waals surface area contributed by atoms with Crippen molar-refractivity contribution in [3.05, 3.63) is 0 Å². The minimum atomic E-state index is -0.00818. The highest BCUT2D eigenvalue weighted by Crippen LogP contribution is 2.40. The van der Waals surface area contributed by atoms with Gasteiger partial charge in [0, 0.05) is 20.1 Å². The summed E-state index contributed by atoms with van der Waals surface area (Å²) in [6.45, 7) is 5.44. The van der Waals surface area contributed by atoms with Crippen molar-refractivity contribution in [1.82, 2.24) is 0 Å². The van der Waals surface area contributed by atoms with Crippen LogP contribution >= 0.6 is 0 Å². The molecular weight excluding hydrogens is 248 g/mol. The van der Waals surface area contributed by atoms with E-state index in [9.17, 15) is 0 Å². The Morgan fingerprint density at radius 3 is 2.30 bits per heavy atom. The van der Waals surface area contributed by atoms with Gasteiger partial charge in [-0.3, -0.25) is 0 Å². The summed E-state index contributed by atoms with van der Waals surface area (Å²) in [7, 11) is 3.73. The number of rotatable bonds is 10. The number of methoxy groups -OCH3 is 2. The summed E-state index contributed by atoms with van der Waals surface area (Å²) in [5.41, 5.74) is -0.00818. The van der Waals surface area contributed by atoms with Crippen molar-refractivity contribution in [3.63, 3.8) is 0 Å². The summed E-state index contributed by atoms with van der Waals surface area (Å²) >= 11 is 0. The van der Waals surface area contributed by atoms with Gasteiger partial charge in [0.05, 0.1) is 12.2 Å². The first-order chi connectivity index (χ1) is 9.68. The van der Waals surface area contributed by atoms with Crippen LogP contribution in [-0.2, 0) is 9.47 Å². The predicted octanol–water partition coefficient (Wildman–Crippen LogP) is 5.20. The molecule has 0 N–H and O–H groups in total. The Hall–Kier alpha value is -0.0800. The molecule has 2 atom stereocenters. The fourth-order valence-electron chi connectivity index (χ4n) is 3.87. The van der Waals surface area contributed by atoms with E-state index in [1.54, 1.807) is 0 Å². The van der Waals surface area contributed by atoms with Gasteiger partial charge in [0.25, 0.3) is 0 Å². The van der Waals surface area contributed by atoms with E-state index >= 15 is 0 Å². The summed E-state index contributed by atoms with van der Waals surface area (Å²) in [5.74, 6) is 1.35. The minimum absolute atomic E-state index is 0.00818. The first-order valence-electron chi connectivity index (χ1n) is 8.72. The van der Waals surface area contributed by atoms with Crippen molar-refractivity contribution in [2.45, 2.75) is 83.7 Å². The molecule has 0 bridgehead atoms. The Morgan fingerprint density at radius 1 is 1.05 bits per heavy atom. The van der Waals surface area contributed by atoms with Crippen LogP contribution in [0.3, 0.4) is 0 Å². The molecule has 1 aliphatic carbocycles. The van der Waals surface area contributed by atoms with Gasteiger partial charge in [-0.05, 0) is 32.1 Å². The molecule has 120 valence electrons. The fraction of sp³-hybridized carbons (Fsp3) is 1.00. The van der Waals surface area contributed by atoms with Crippen LogP contribution in [0.1, 0.15) is 78.1 Å². The van der Waals surface area contributed by atoms with Crippen LogP contribution in [0.15, 0.2) is 0 Å². The van der Waals surface area contributed by atoms with Crippen LogP contribution in [0.2, 0.25) is 0 Å². The molecule has 1 rings (SSSR count). The number of hydrogen-bond acceptors (Lipinski definition) is 2. The molecule has 0 aliphatic heterocycles. The zero-order chi connectivity index (χ0) is 14.8. The van der Waals surface area contributed by atoms with Crippen molar-refractivity contribution in [3.8, 4) is 0 Å². The highest BCUT2D eigenvalue weighted by Gasteiger charge is 2.39. The van der Waals surface area contributed by atoms with Gasteiger partial charge in [0.2, 0.25) is 0 Å². The van der Waals surface area contributed by atoms with E-state index in [1.165, 1.54) is 64.2 Å². The third-order valence-electron chi connectivity index (χ3n) is 5.34. The predicted molar refractivity (Wildman–Crippen MR) is 86.1 cm³/mol. The molecule has 1 aliphatic rings. The standard InChI is InChI=1S/C18H36O2/c1-5-6-7-11-14-18(2,20-4)17(15-19-3)16-12-9-8-10-13-16/h16-17H,5-15H2,1-4H3. The summed E-state index contributed by atoms with van der Waals surface area (Å²) in [5, 5.41) is 0. The second-order valence-corrected chi connectivity index (χ2v) is 6.79. The zero-order valence-electron chi connectivity index (χ0n) is 14.2. The molecule has 0 spiro atoms. The van der Waals surface area contributed by atoms with E-state index in [2.05, 4.69) is 13.8 Å². The van der Waals surface area contributed by atoms with Gasteiger partial charge in [0.1, 0.15) is 0 Å². The number of ether oxygens (including phenoxy) is 2. The maximum Gasteiger partial charge on any atom is 0.0703 e. The van der Waals surface area contributed by atoms with E-state index in [-0.39, 0.29) is 5.60 Å². The lowest BCUT2D eigenvalue weighted by atomic mass is 9.71. The monoisotopic (exact) mass is 284 g/mol. The maximum absolute atomic E-state index is 6.01. The van der Waals surface area contributed by atoms with Gasteiger partial charge >= 0.3 is 0 Å². The SMILES string of the molecule is CCCCCCC(C)(OC)C(COC)C1CCCCC1. The van der Waals surface area contributed by atoms with E-state index in [0.29, 0.717) is 5.92 Å². The molecule has 1 saturated carbocycles.